The highest BCUT2D eigenvalue weighted by Crippen LogP contribution is 2.40. The lowest BCUT2D eigenvalue weighted by Gasteiger charge is -2.15. The van der Waals surface area contributed by atoms with E-state index >= 15 is 0 Å². The first-order valence-corrected chi connectivity index (χ1v) is 5.49. The van der Waals surface area contributed by atoms with E-state index in [1.165, 1.54) is 16.2 Å². The van der Waals surface area contributed by atoms with Crippen LogP contribution in [0.4, 0.5) is 0 Å². The van der Waals surface area contributed by atoms with Crippen LogP contribution in [0.2, 0.25) is 0 Å². The summed E-state index contributed by atoms with van der Waals surface area (Å²) in [6, 6.07) is 13.8. The maximum absolute atomic E-state index is 11.2. The van der Waals surface area contributed by atoms with E-state index in [0.717, 1.165) is 16.2 Å². The fourth-order valence-electron chi connectivity index (χ4n) is 2.62. The first-order valence-electron chi connectivity index (χ1n) is 5.49. The molecule has 0 bridgehead atoms. The molecule has 0 radical (unpaired) electrons. The number of aromatic carboxylic acids is 1. The largest absolute Gasteiger partial charge is 0.478 e. The molecule has 17 heavy (non-hydrogen) atoms. The Morgan fingerprint density at radius 3 is 2.24 bits per heavy atom. The molecule has 0 aliphatic rings. The summed E-state index contributed by atoms with van der Waals surface area (Å²) >= 11 is 0. The van der Waals surface area contributed by atoms with Crippen molar-refractivity contribution in [3.05, 3.63) is 48.0 Å². The van der Waals surface area contributed by atoms with Gasteiger partial charge in [0.25, 0.3) is 0 Å². The van der Waals surface area contributed by atoms with Gasteiger partial charge >= 0.3 is 5.97 Å². The Morgan fingerprint density at radius 2 is 1.59 bits per heavy atom. The Kier molecular flexibility index (Phi) is 1.37. The van der Waals surface area contributed by atoms with Crippen LogP contribution in [0.25, 0.3) is 32.3 Å². The molecule has 0 aromatic heterocycles. The topological polar surface area (TPSA) is 37.3 Å². The molecule has 0 amide bonds. The van der Waals surface area contributed by atoms with Gasteiger partial charge in [0.1, 0.15) is 0 Å². The average Bonchev–Trinajstić information content (AvgIpc) is 2.27. The predicted molar refractivity (Wildman–Crippen MR) is 68.3 cm³/mol. The summed E-state index contributed by atoms with van der Waals surface area (Å²) in [7, 11) is 0. The molecule has 4 aromatic rings. The lowest BCUT2D eigenvalue weighted by Crippen LogP contribution is -2.00. The molecule has 0 saturated carbocycles. The molecule has 0 atom stereocenters. The van der Waals surface area contributed by atoms with Gasteiger partial charge in [0.15, 0.2) is 0 Å². The fourth-order valence-corrected chi connectivity index (χ4v) is 2.62. The van der Waals surface area contributed by atoms with Crippen molar-refractivity contribution in [2.24, 2.45) is 0 Å². The molecule has 0 fully saturated rings. The molecular formula is C15H8O2. The first kappa shape index (κ1) is 8.76. The van der Waals surface area contributed by atoms with Crippen molar-refractivity contribution in [2.75, 3.05) is 0 Å². The van der Waals surface area contributed by atoms with Gasteiger partial charge in [-0.2, -0.15) is 0 Å². The fraction of sp³-hybridized carbons (Fsp3) is 0. The highest BCUT2D eigenvalue weighted by Gasteiger charge is 2.17. The van der Waals surface area contributed by atoms with Crippen LogP contribution in [0.5, 0.6) is 0 Å². The minimum Gasteiger partial charge on any atom is -0.478 e. The van der Waals surface area contributed by atoms with E-state index in [1.54, 1.807) is 12.1 Å². The summed E-state index contributed by atoms with van der Waals surface area (Å²) in [4.78, 5) is 11.2. The van der Waals surface area contributed by atoms with E-state index in [9.17, 15) is 9.90 Å². The number of hydrogen-bond acceptors (Lipinski definition) is 1. The van der Waals surface area contributed by atoms with Gasteiger partial charge in [-0.25, -0.2) is 4.79 Å². The van der Waals surface area contributed by atoms with Crippen molar-refractivity contribution in [3.8, 4) is 0 Å². The van der Waals surface area contributed by atoms with Crippen LogP contribution < -0.4 is 0 Å². The van der Waals surface area contributed by atoms with E-state index in [4.69, 9.17) is 0 Å². The third-order valence-electron chi connectivity index (χ3n) is 3.52. The molecule has 0 aliphatic carbocycles. The van der Waals surface area contributed by atoms with Gasteiger partial charge in [-0.3, -0.25) is 0 Å². The maximum Gasteiger partial charge on any atom is 0.336 e. The molecule has 4 rings (SSSR count). The number of carboxylic acids is 1. The van der Waals surface area contributed by atoms with E-state index in [-0.39, 0.29) is 0 Å². The zero-order chi connectivity index (χ0) is 11.6. The van der Waals surface area contributed by atoms with Crippen molar-refractivity contribution in [1.82, 2.24) is 0 Å². The summed E-state index contributed by atoms with van der Waals surface area (Å²) < 4.78 is 0. The monoisotopic (exact) mass is 220 g/mol. The first-order chi connectivity index (χ1) is 8.25. The summed E-state index contributed by atoms with van der Waals surface area (Å²) in [5, 5.41) is 15.8. The van der Waals surface area contributed by atoms with Gasteiger partial charge in [-0.15, -0.1) is 0 Å². The third kappa shape index (κ3) is 0.929. The van der Waals surface area contributed by atoms with Crippen LogP contribution in [-0.2, 0) is 0 Å². The molecule has 2 heteroatoms. The van der Waals surface area contributed by atoms with Crippen LogP contribution in [-0.4, -0.2) is 11.1 Å². The Hall–Kier alpha value is -2.35. The second-order valence-corrected chi connectivity index (χ2v) is 4.39. The van der Waals surface area contributed by atoms with Gasteiger partial charge in [0, 0.05) is 5.39 Å². The molecule has 1 N–H and O–H groups in total. The van der Waals surface area contributed by atoms with Crippen molar-refractivity contribution < 1.29 is 9.90 Å². The quantitative estimate of drug-likeness (QED) is 0.530. The minimum absolute atomic E-state index is 0.401. The summed E-state index contributed by atoms with van der Waals surface area (Å²) in [5.74, 6) is -0.856. The molecule has 4 aromatic carbocycles. The Morgan fingerprint density at radius 1 is 0.882 bits per heavy atom. The molecule has 0 heterocycles. The minimum atomic E-state index is -0.856. The number of fused-ring (bicyclic) bond motifs is 5. The number of carboxylic acid groups (broad SMARTS) is 1. The highest BCUT2D eigenvalue weighted by atomic mass is 16.4. The normalized spacial score (nSPS) is 12.0. The lowest BCUT2D eigenvalue weighted by molar-refractivity contribution is 0.0699. The Bertz CT molecular complexity index is 861. The predicted octanol–water partition coefficient (Wildman–Crippen LogP) is 3.72. The number of hydrogen-bond donors (Lipinski definition) is 1. The van der Waals surface area contributed by atoms with Gasteiger partial charge in [0.2, 0.25) is 0 Å². The van der Waals surface area contributed by atoms with E-state index < -0.39 is 5.97 Å². The molecule has 0 spiro atoms. The second kappa shape index (κ2) is 2.66. The van der Waals surface area contributed by atoms with Crippen LogP contribution in [0.15, 0.2) is 42.5 Å². The van der Waals surface area contributed by atoms with Crippen molar-refractivity contribution in [3.63, 3.8) is 0 Å². The van der Waals surface area contributed by atoms with Crippen molar-refractivity contribution >= 4 is 38.3 Å². The number of benzene rings is 2. The molecule has 0 saturated heterocycles. The van der Waals surface area contributed by atoms with Crippen LogP contribution in [0.1, 0.15) is 10.4 Å². The van der Waals surface area contributed by atoms with E-state index in [0.29, 0.717) is 5.56 Å². The number of rotatable bonds is 1. The Balaban J connectivity index is 2.21. The second-order valence-electron chi connectivity index (χ2n) is 4.39. The average molecular weight is 220 g/mol. The highest BCUT2D eigenvalue weighted by molar-refractivity contribution is 6.31. The summed E-state index contributed by atoms with van der Waals surface area (Å²) in [5.41, 5.74) is 0.401. The van der Waals surface area contributed by atoms with Gasteiger partial charge in [-0.05, 0) is 45.1 Å². The standard InChI is InChI=1S/C15H8O2/c16-15(17)11-3-1-2-10-12-6-8-4-5-9(8)7-13(12)14(10)11/h1-7H,(H,16,17). The molecule has 0 aliphatic heterocycles. The summed E-state index contributed by atoms with van der Waals surface area (Å²) in [6.45, 7) is 0. The van der Waals surface area contributed by atoms with Crippen LogP contribution >= 0.6 is 0 Å². The van der Waals surface area contributed by atoms with Crippen molar-refractivity contribution in [1.29, 1.82) is 0 Å². The molecular weight excluding hydrogens is 212 g/mol. The smallest absolute Gasteiger partial charge is 0.336 e. The van der Waals surface area contributed by atoms with Gasteiger partial charge < -0.3 is 5.11 Å². The molecule has 0 unspecified atom stereocenters. The van der Waals surface area contributed by atoms with Crippen molar-refractivity contribution in [2.45, 2.75) is 0 Å². The maximum atomic E-state index is 11.2. The zero-order valence-electron chi connectivity index (χ0n) is 8.90. The van der Waals surface area contributed by atoms with E-state index in [1.807, 2.05) is 6.07 Å². The van der Waals surface area contributed by atoms with Crippen LogP contribution in [0.3, 0.4) is 0 Å². The third-order valence-corrected chi connectivity index (χ3v) is 3.52. The van der Waals surface area contributed by atoms with Gasteiger partial charge in [-0.1, -0.05) is 24.3 Å². The lowest BCUT2D eigenvalue weighted by atomic mass is 9.87. The zero-order valence-corrected chi connectivity index (χ0v) is 8.90. The summed E-state index contributed by atoms with van der Waals surface area (Å²) in [6.07, 6.45) is 0. The number of carbonyl (C=O) groups is 1. The Labute approximate surface area is 96.8 Å². The van der Waals surface area contributed by atoms with Gasteiger partial charge in [0.05, 0.1) is 5.56 Å². The molecule has 80 valence electrons. The van der Waals surface area contributed by atoms with E-state index in [2.05, 4.69) is 24.3 Å². The van der Waals surface area contributed by atoms with Crippen LogP contribution in [0, 0.1) is 0 Å². The molecule has 2 nitrogen and oxygen atoms in total. The SMILES string of the molecule is O=C(O)c1cccc2c3cc4ccc4cc3c12.